The average Bonchev–Trinajstić information content (AvgIpc) is 2.48. The molecule has 0 saturated heterocycles. The van der Waals surface area contributed by atoms with Gasteiger partial charge in [-0.3, -0.25) is 9.78 Å². The minimum atomic E-state index is -0.383. The Balaban J connectivity index is 2.73. The second-order valence-corrected chi connectivity index (χ2v) is 7.25. The number of hydrogen-bond donors (Lipinski definition) is 1. The Morgan fingerprint density at radius 3 is 2.35 bits per heavy atom. The number of H-pyrrole nitrogens is 1. The minimum absolute atomic E-state index is 0.149. The van der Waals surface area contributed by atoms with Crippen LogP contribution in [0, 0.1) is 13.8 Å². The van der Waals surface area contributed by atoms with Crippen LogP contribution in [0.1, 0.15) is 43.2 Å². The van der Waals surface area contributed by atoms with Crippen LogP contribution in [0.5, 0.6) is 0 Å². The van der Waals surface area contributed by atoms with Crippen molar-refractivity contribution < 1.29 is 0 Å². The largest absolute Gasteiger partial charge is 0.346 e. The van der Waals surface area contributed by atoms with Crippen LogP contribution in [-0.4, -0.2) is 23.6 Å². The minimum Gasteiger partial charge on any atom is -0.346 e. The molecular formula is C18H24BrN3O. The summed E-state index contributed by atoms with van der Waals surface area (Å²) >= 11 is 3.44. The maximum absolute atomic E-state index is 12.4. The first kappa shape index (κ1) is 17.7. The Bertz CT molecular complexity index is 760. The Morgan fingerprint density at radius 2 is 1.83 bits per heavy atom. The van der Waals surface area contributed by atoms with Crippen LogP contribution < -0.4 is 10.5 Å². The molecule has 0 spiro atoms. The summed E-state index contributed by atoms with van der Waals surface area (Å²) in [6.07, 6.45) is 0. The lowest BCUT2D eigenvalue weighted by Crippen LogP contribution is -2.30. The van der Waals surface area contributed by atoms with Crippen molar-refractivity contribution in [2.45, 2.75) is 40.0 Å². The van der Waals surface area contributed by atoms with E-state index in [0.717, 1.165) is 12.2 Å². The molecule has 23 heavy (non-hydrogen) atoms. The monoisotopic (exact) mass is 377 g/mol. The molecule has 0 radical (unpaired) electrons. The number of rotatable bonds is 4. The number of benzene rings is 1. The fourth-order valence-electron chi connectivity index (χ4n) is 3.11. The third-order valence-corrected chi connectivity index (χ3v) is 5.12. The zero-order valence-electron chi connectivity index (χ0n) is 14.6. The summed E-state index contributed by atoms with van der Waals surface area (Å²) in [5.41, 5.74) is 3.84. The van der Waals surface area contributed by atoms with Crippen molar-refractivity contribution >= 4 is 21.9 Å². The summed E-state index contributed by atoms with van der Waals surface area (Å²) in [6, 6.07) is 6.26. The first-order valence-corrected chi connectivity index (χ1v) is 8.57. The second-order valence-electron chi connectivity index (χ2n) is 6.46. The summed E-state index contributed by atoms with van der Waals surface area (Å²) in [5.74, 6) is 0.593. The topological polar surface area (TPSA) is 49.0 Å². The molecule has 0 amide bonds. The van der Waals surface area contributed by atoms with Gasteiger partial charge in [-0.1, -0.05) is 32.0 Å². The van der Waals surface area contributed by atoms with E-state index in [1.54, 1.807) is 0 Å². The van der Waals surface area contributed by atoms with Crippen LogP contribution in [-0.2, 0) is 5.41 Å². The van der Waals surface area contributed by atoms with Gasteiger partial charge in [0.15, 0.2) is 0 Å². The summed E-state index contributed by atoms with van der Waals surface area (Å²) in [5, 5.41) is 0. The second kappa shape index (κ2) is 6.48. The zero-order valence-corrected chi connectivity index (χ0v) is 16.2. The number of hydrogen-bond acceptors (Lipinski definition) is 3. The first-order valence-electron chi connectivity index (χ1n) is 7.78. The van der Waals surface area contributed by atoms with Gasteiger partial charge in [-0.15, -0.1) is 0 Å². The van der Waals surface area contributed by atoms with Gasteiger partial charge in [0.2, 0.25) is 5.95 Å². The number of nitrogens with one attached hydrogen (secondary N) is 1. The van der Waals surface area contributed by atoms with Gasteiger partial charge in [0.1, 0.15) is 4.47 Å². The highest BCUT2D eigenvalue weighted by atomic mass is 79.9. The van der Waals surface area contributed by atoms with Crippen molar-refractivity contribution in [3.05, 3.63) is 55.4 Å². The molecule has 1 heterocycles. The molecule has 1 N–H and O–H groups in total. The predicted molar refractivity (Wildman–Crippen MR) is 99.5 cm³/mol. The van der Waals surface area contributed by atoms with Crippen molar-refractivity contribution in [2.75, 3.05) is 18.5 Å². The van der Waals surface area contributed by atoms with Gasteiger partial charge < -0.3 is 4.90 Å². The number of nitrogens with zero attached hydrogens (tertiary/aromatic N) is 2. The number of halogens is 1. The van der Waals surface area contributed by atoms with Crippen molar-refractivity contribution in [3.63, 3.8) is 0 Å². The number of anilines is 1. The molecule has 0 bridgehead atoms. The van der Waals surface area contributed by atoms with Crippen LogP contribution in [0.2, 0.25) is 0 Å². The van der Waals surface area contributed by atoms with Crippen LogP contribution in [0.4, 0.5) is 5.95 Å². The van der Waals surface area contributed by atoms with E-state index in [9.17, 15) is 4.79 Å². The maximum Gasteiger partial charge on any atom is 0.266 e. The van der Waals surface area contributed by atoms with Gasteiger partial charge in [0.05, 0.1) is 5.69 Å². The molecule has 0 saturated carbocycles. The van der Waals surface area contributed by atoms with Gasteiger partial charge >= 0.3 is 0 Å². The van der Waals surface area contributed by atoms with Crippen molar-refractivity contribution in [1.82, 2.24) is 9.97 Å². The fourth-order valence-corrected chi connectivity index (χ4v) is 3.79. The summed E-state index contributed by atoms with van der Waals surface area (Å²) in [7, 11) is 1.92. The molecule has 1 aromatic carbocycles. The lowest BCUT2D eigenvalue weighted by atomic mass is 9.77. The van der Waals surface area contributed by atoms with E-state index in [-0.39, 0.29) is 11.0 Å². The molecule has 5 heteroatoms. The van der Waals surface area contributed by atoms with Gasteiger partial charge in [-0.05, 0) is 53.4 Å². The van der Waals surface area contributed by atoms with Gasteiger partial charge in [0, 0.05) is 19.0 Å². The SMILES string of the molecule is CCN(C)c1nc(C(C)(C)c2c(C)cccc2C)c(Br)c(=O)[nH]1. The highest BCUT2D eigenvalue weighted by Crippen LogP contribution is 2.37. The number of aromatic nitrogens is 2. The predicted octanol–water partition coefficient (Wildman–Crippen LogP) is 3.93. The van der Waals surface area contributed by atoms with Crippen LogP contribution in [0.25, 0.3) is 0 Å². The van der Waals surface area contributed by atoms with Gasteiger partial charge in [0.25, 0.3) is 5.56 Å². The Kier molecular flexibility index (Phi) is 4.99. The molecule has 4 nitrogen and oxygen atoms in total. The van der Waals surface area contributed by atoms with E-state index in [0.29, 0.717) is 10.4 Å². The van der Waals surface area contributed by atoms with E-state index < -0.39 is 0 Å². The van der Waals surface area contributed by atoms with E-state index >= 15 is 0 Å². The summed E-state index contributed by atoms with van der Waals surface area (Å²) in [4.78, 5) is 21.9. The molecule has 0 fully saturated rings. The van der Waals surface area contributed by atoms with Crippen LogP contribution in [0.3, 0.4) is 0 Å². The standard InChI is InChI=1S/C18H24BrN3O/c1-7-22(6)17-20-15(14(19)16(23)21-17)18(4,5)13-11(2)9-8-10-12(13)3/h8-10H,7H2,1-6H3,(H,20,21,23). The third-order valence-electron chi connectivity index (χ3n) is 4.38. The number of aryl methyl sites for hydroxylation is 2. The first-order chi connectivity index (χ1) is 10.7. The van der Waals surface area contributed by atoms with E-state index in [1.165, 1.54) is 16.7 Å². The fraction of sp³-hybridized carbons (Fsp3) is 0.444. The summed E-state index contributed by atoms with van der Waals surface area (Å²) in [6.45, 7) is 11.2. The molecule has 2 aromatic rings. The maximum atomic E-state index is 12.4. The Labute approximate surface area is 146 Å². The number of aromatic amines is 1. The van der Waals surface area contributed by atoms with Crippen molar-refractivity contribution in [2.24, 2.45) is 0 Å². The highest BCUT2D eigenvalue weighted by molar-refractivity contribution is 9.10. The molecule has 0 unspecified atom stereocenters. The quantitative estimate of drug-likeness (QED) is 0.877. The van der Waals surface area contributed by atoms with Gasteiger partial charge in [-0.25, -0.2) is 4.98 Å². The van der Waals surface area contributed by atoms with Gasteiger partial charge in [-0.2, -0.15) is 0 Å². The summed E-state index contributed by atoms with van der Waals surface area (Å²) < 4.78 is 0.499. The van der Waals surface area contributed by atoms with Crippen molar-refractivity contribution in [1.29, 1.82) is 0 Å². The highest BCUT2D eigenvalue weighted by Gasteiger charge is 2.32. The molecule has 1 aromatic heterocycles. The molecular weight excluding hydrogens is 354 g/mol. The molecule has 0 aliphatic carbocycles. The van der Waals surface area contributed by atoms with E-state index in [2.05, 4.69) is 66.8 Å². The molecule has 124 valence electrons. The van der Waals surface area contributed by atoms with Crippen molar-refractivity contribution in [3.8, 4) is 0 Å². The van der Waals surface area contributed by atoms with Crippen LogP contribution >= 0.6 is 15.9 Å². The average molecular weight is 378 g/mol. The smallest absolute Gasteiger partial charge is 0.266 e. The third kappa shape index (κ3) is 3.20. The van der Waals surface area contributed by atoms with E-state index in [1.807, 2.05) is 18.9 Å². The molecule has 0 atom stereocenters. The molecule has 2 rings (SSSR count). The zero-order chi connectivity index (χ0) is 17.4. The lowest BCUT2D eigenvalue weighted by molar-refractivity contribution is 0.598. The van der Waals surface area contributed by atoms with E-state index in [4.69, 9.17) is 4.98 Å². The Morgan fingerprint density at radius 1 is 1.26 bits per heavy atom. The normalized spacial score (nSPS) is 11.6. The molecule has 0 aliphatic heterocycles. The molecule has 0 aliphatic rings. The Hall–Kier alpha value is -1.62. The lowest BCUT2D eigenvalue weighted by Gasteiger charge is -2.30. The van der Waals surface area contributed by atoms with Crippen LogP contribution in [0.15, 0.2) is 27.5 Å².